The molecule has 2 aromatic rings. The van der Waals surface area contributed by atoms with E-state index >= 15 is 0 Å². The van der Waals surface area contributed by atoms with E-state index in [9.17, 15) is 14.0 Å². The lowest BCUT2D eigenvalue weighted by Crippen LogP contribution is -2.33. The number of nitrogens with zero attached hydrogens (tertiary/aromatic N) is 3. The molecule has 2 N–H and O–H groups in total. The summed E-state index contributed by atoms with van der Waals surface area (Å²) in [6.45, 7) is 3.77. The Morgan fingerprint density at radius 1 is 1.15 bits per heavy atom. The van der Waals surface area contributed by atoms with Crippen molar-refractivity contribution in [2.24, 2.45) is 0 Å². The van der Waals surface area contributed by atoms with Gasteiger partial charge in [-0.3, -0.25) is 9.59 Å². The summed E-state index contributed by atoms with van der Waals surface area (Å²) in [5.41, 5.74) is 0.482. The lowest BCUT2D eigenvalue weighted by molar-refractivity contribution is -0.121. The van der Waals surface area contributed by atoms with Crippen molar-refractivity contribution in [1.29, 1.82) is 0 Å². The Labute approximate surface area is 161 Å². The highest BCUT2D eigenvalue weighted by atomic mass is 32.1. The van der Waals surface area contributed by atoms with Gasteiger partial charge >= 0.3 is 0 Å². The Morgan fingerprint density at radius 2 is 1.89 bits per heavy atom. The molecule has 27 heavy (non-hydrogen) atoms. The number of hydrogen-bond donors (Lipinski definition) is 2. The van der Waals surface area contributed by atoms with Crippen molar-refractivity contribution in [3.05, 3.63) is 40.1 Å². The first-order chi connectivity index (χ1) is 13.1. The van der Waals surface area contributed by atoms with Gasteiger partial charge < -0.3 is 15.5 Å². The van der Waals surface area contributed by atoms with Crippen molar-refractivity contribution in [1.82, 2.24) is 20.4 Å². The van der Waals surface area contributed by atoms with E-state index in [1.165, 1.54) is 37.1 Å². The van der Waals surface area contributed by atoms with E-state index < -0.39 is 5.91 Å². The monoisotopic (exact) mass is 391 g/mol. The Bertz CT molecular complexity index is 774. The number of rotatable bonds is 8. The number of halogens is 1. The molecule has 1 aliphatic rings. The van der Waals surface area contributed by atoms with Gasteiger partial charge in [0, 0.05) is 31.6 Å². The van der Waals surface area contributed by atoms with E-state index in [1.54, 1.807) is 0 Å². The molecule has 1 saturated heterocycles. The van der Waals surface area contributed by atoms with E-state index in [0.29, 0.717) is 30.1 Å². The summed E-state index contributed by atoms with van der Waals surface area (Å²) < 4.78 is 12.9. The number of likely N-dealkylation sites (tertiary alicyclic amines) is 1. The third-order valence-electron chi connectivity index (χ3n) is 4.28. The zero-order valence-electron chi connectivity index (χ0n) is 14.9. The van der Waals surface area contributed by atoms with Crippen LogP contribution in [0.5, 0.6) is 0 Å². The molecule has 2 amide bonds. The minimum atomic E-state index is -0.402. The number of aromatic nitrogens is 2. The average molecular weight is 391 g/mol. The fraction of sp³-hybridized carbons (Fsp3) is 0.444. The molecule has 0 spiro atoms. The molecule has 2 heterocycles. The summed E-state index contributed by atoms with van der Waals surface area (Å²) in [5, 5.41) is 14.2. The van der Waals surface area contributed by atoms with Gasteiger partial charge in [0.25, 0.3) is 5.91 Å². The molecule has 0 atom stereocenters. The van der Waals surface area contributed by atoms with Crippen LogP contribution in [-0.4, -0.2) is 53.1 Å². The van der Waals surface area contributed by atoms with Crippen LogP contribution in [0, 0.1) is 5.82 Å². The van der Waals surface area contributed by atoms with Crippen molar-refractivity contribution < 1.29 is 14.0 Å². The van der Waals surface area contributed by atoms with E-state index in [1.807, 2.05) is 0 Å². The molecule has 1 aromatic carbocycles. The standard InChI is InChI=1S/C18H22FN5O2S/c19-13-3-5-14(6-4-13)21-17(26)18-23-22-16(27-18)8-7-15(25)20-9-12-24-10-1-2-11-24/h3-6H,1-2,7-12H2,(H,20,25)(H,21,26). The van der Waals surface area contributed by atoms with Gasteiger partial charge in [0.05, 0.1) is 0 Å². The molecule has 1 aliphatic heterocycles. The zero-order chi connectivity index (χ0) is 19.1. The Balaban J connectivity index is 1.39. The summed E-state index contributed by atoms with van der Waals surface area (Å²) >= 11 is 1.15. The summed E-state index contributed by atoms with van der Waals surface area (Å²) in [6, 6.07) is 5.48. The highest BCUT2D eigenvalue weighted by Crippen LogP contribution is 2.15. The second-order valence-corrected chi connectivity index (χ2v) is 7.42. The number of carbonyl (C=O) groups excluding carboxylic acids is 2. The second-order valence-electron chi connectivity index (χ2n) is 6.36. The predicted octanol–water partition coefficient (Wildman–Crippen LogP) is 2.07. The minimum Gasteiger partial charge on any atom is -0.355 e. The Morgan fingerprint density at radius 3 is 2.63 bits per heavy atom. The summed E-state index contributed by atoms with van der Waals surface area (Å²) in [4.78, 5) is 26.4. The van der Waals surface area contributed by atoms with Crippen molar-refractivity contribution in [2.45, 2.75) is 25.7 Å². The van der Waals surface area contributed by atoms with Crippen molar-refractivity contribution in [2.75, 3.05) is 31.5 Å². The number of nitrogens with one attached hydrogen (secondary N) is 2. The predicted molar refractivity (Wildman–Crippen MR) is 101 cm³/mol. The minimum absolute atomic E-state index is 0.0262. The van der Waals surface area contributed by atoms with Gasteiger partial charge in [-0.1, -0.05) is 11.3 Å². The zero-order valence-corrected chi connectivity index (χ0v) is 15.7. The highest BCUT2D eigenvalue weighted by molar-refractivity contribution is 7.13. The van der Waals surface area contributed by atoms with Crippen molar-refractivity contribution in [3.8, 4) is 0 Å². The smallest absolute Gasteiger partial charge is 0.286 e. The van der Waals surface area contributed by atoms with Crippen molar-refractivity contribution >= 4 is 28.8 Å². The van der Waals surface area contributed by atoms with Gasteiger partial charge in [-0.05, 0) is 50.2 Å². The van der Waals surface area contributed by atoms with Crippen LogP contribution in [0.15, 0.2) is 24.3 Å². The Kier molecular flexibility index (Phi) is 6.83. The first-order valence-corrected chi connectivity index (χ1v) is 9.80. The summed E-state index contributed by atoms with van der Waals surface area (Å²) in [7, 11) is 0. The van der Waals surface area contributed by atoms with Gasteiger partial charge in [0.15, 0.2) is 0 Å². The Hall–Kier alpha value is -2.39. The largest absolute Gasteiger partial charge is 0.355 e. The normalized spacial score (nSPS) is 14.3. The molecule has 0 bridgehead atoms. The van der Waals surface area contributed by atoms with Crippen LogP contribution >= 0.6 is 11.3 Å². The summed E-state index contributed by atoms with van der Waals surface area (Å²) in [5.74, 6) is -0.799. The molecule has 0 aliphatic carbocycles. The fourth-order valence-corrected chi connectivity index (χ4v) is 3.57. The molecule has 1 fully saturated rings. The lowest BCUT2D eigenvalue weighted by Gasteiger charge is -2.14. The van der Waals surface area contributed by atoms with Crippen LogP contribution < -0.4 is 10.6 Å². The van der Waals surface area contributed by atoms with E-state index in [4.69, 9.17) is 0 Å². The van der Waals surface area contributed by atoms with Gasteiger partial charge in [-0.15, -0.1) is 10.2 Å². The third kappa shape index (κ3) is 6.07. The molecule has 0 saturated carbocycles. The first kappa shape index (κ1) is 19.4. The van der Waals surface area contributed by atoms with E-state index in [0.717, 1.165) is 31.0 Å². The molecule has 7 nitrogen and oxygen atoms in total. The second kappa shape index (κ2) is 9.52. The fourth-order valence-electron chi connectivity index (χ4n) is 2.83. The van der Waals surface area contributed by atoms with Crippen LogP contribution in [0.4, 0.5) is 10.1 Å². The van der Waals surface area contributed by atoms with E-state index in [2.05, 4.69) is 25.7 Å². The topological polar surface area (TPSA) is 87.2 Å². The average Bonchev–Trinajstić information content (AvgIpc) is 3.34. The van der Waals surface area contributed by atoms with E-state index in [-0.39, 0.29) is 16.7 Å². The molecule has 3 rings (SSSR count). The van der Waals surface area contributed by atoms with Crippen LogP contribution in [0.2, 0.25) is 0 Å². The van der Waals surface area contributed by atoms with Crippen LogP contribution in [0.3, 0.4) is 0 Å². The molecule has 0 unspecified atom stereocenters. The van der Waals surface area contributed by atoms with Gasteiger partial charge in [-0.25, -0.2) is 4.39 Å². The number of benzene rings is 1. The lowest BCUT2D eigenvalue weighted by atomic mass is 10.3. The van der Waals surface area contributed by atoms with Crippen molar-refractivity contribution in [3.63, 3.8) is 0 Å². The molecule has 0 radical (unpaired) electrons. The number of aryl methyl sites for hydroxylation is 1. The molecular formula is C18H22FN5O2S. The number of hydrogen-bond acceptors (Lipinski definition) is 6. The van der Waals surface area contributed by atoms with Gasteiger partial charge in [-0.2, -0.15) is 0 Å². The van der Waals surface area contributed by atoms with Crippen LogP contribution in [0.1, 0.15) is 34.1 Å². The quantitative estimate of drug-likeness (QED) is 0.719. The number of carbonyl (C=O) groups is 2. The highest BCUT2D eigenvalue weighted by Gasteiger charge is 2.15. The van der Waals surface area contributed by atoms with Gasteiger partial charge in [0.1, 0.15) is 10.8 Å². The first-order valence-electron chi connectivity index (χ1n) is 8.98. The summed E-state index contributed by atoms with van der Waals surface area (Å²) in [6.07, 6.45) is 3.23. The molecule has 9 heteroatoms. The molecule has 1 aromatic heterocycles. The number of amides is 2. The number of anilines is 1. The molecular weight excluding hydrogens is 369 g/mol. The van der Waals surface area contributed by atoms with Gasteiger partial charge in [0.2, 0.25) is 10.9 Å². The third-order valence-corrected chi connectivity index (χ3v) is 5.26. The van der Waals surface area contributed by atoms with Crippen LogP contribution in [0.25, 0.3) is 0 Å². The SMILES string of the molecule is O=C(CCc1nnc(C(=O)Nc2ccc(F)cc2)s1)NCCN1CCCC1. The maximum atomic E-state index is 12.9. The molecule has 144 valence electrons. The maximum Gasteiger partial charge on any atom is 0.286 e. The maximum absolute atomic E-state index is 12.9. The van der Waals surface area contributed by atoms with Crippen LogP contribution in [-0.2, 0) is 11.2 Å².